The highest BCUT2D eigenvalue weighted by atomic mass is 32.2. The summed E-state index contributed by atoms with van der Waals surface area (Å²) in [6.45, 7) is 9.40. The van der Waals surface area contributed by atoms with Gasteiger partial charge in [-0.25, -0.2) is 13.2 Å². The molecule has 0 aliphatic heterocycles. The van der Waals surface area contributed by atoms with Gasteiger partial charge in [-0.3, -0.25) is 10.1 Å². The number of sulfonamides is 1. The van der Waals surface area contributed by atoms with Crippen LogP contribution in [0.5, 0.6) is 5.75 Å². The highest BCUT2D eigenvalue weighted by Crippen LogP contribution is 2.29. The van der Waals surface area contributed by atoms with Gasteiger partial charge in [-0.1, -0.05) is 19.9 Å². The second-order valence-corrected chi connectivity index (χ2v) is 10.1. The quantitative estimate of drug-likeness (QED) is 0.585. The standard InChI is InChI=1S/C23H31N3O6S/c1-7-26(8-2)33(29,30)18-11-9-10-16(14-18)21(27)24-17-12-13-20(31-6)19(15-17)25-22(28)32-23(3,4)5/h9-15H,7-8H2,1-6H3,(H,24,27)(H,25,28). The molecule has 0 spiro atoms. The third kappa shape index (κ3) is 6.93. The largest absolute Gasteiger partial charge is 0.495 e. The number of hydrogen-bond acceptors (Lipinski definition) is 6. The third-order valence-corrected chi connectivity index (χ3v) is 6.58. The van der Waals surface area contributed by atoms with Gasteiger partial charge in [-0.15, -0.1) is 0 Å². The Morgan fingerprint density at radius 2 is 1.67 bits per heavy atom. The van der Waals surface area contributed by atoms with Crippen LogP contribution in [0.15, 0.2) is 47.4 Å². The monoisotopic (exact) mass is 477 g/mol. The van der Waals surface area contributed by atoms with E-state index in [1.165, 1.54) is 41.7 Å². The number of nitrogens with one attached hydrogen (secondary N) is 2. The number of rotatable bonds is 8. The van der Waals surface area contributed by atoms with Crippen molar-refractivity contribution in [1.82, 2.24) is 4.31 Å². The van der Waals surface area contributed by atoms with Crippen molar-refractivity contribution >= 4 is 33.4 Å². The van der Waals surface area contributed by atoms with E-state index >= 15 is 0 Å². The molecule has 0 unspecified atom stereocenters. The van der Waals surface area contributed by atoms with Crippen LogP contribution in [0.2, 0.25) is 0 Å². The van der Waals surface area contributed by atoms with Gasteiger partial charge in [0.1, 0.15) is 11.4 Å². The van der Waals surface area contributed by atoms with Gasteiger partial charge in [-0.05, 0) is 57.2 Å². The van der Waals surface area contributed by atoms with Crippen molar-refractivity contribution in [2.45, 2.75) is 45.1 Å². The Labute approximate surface area is 195 Å². The van der Waals surface area contributed by atoms with Gasteiger partial charge in [0.2, 0.25) is 10.0 Å². The van der Waals surface area contributed by atoms with Crippen LogP contribution in [0.3, 0.4) is 0 Å². The number of nitrogens with zero attached hydrogens (tertiary/aromatic N) is 1. The van der Waals surface area contributed by atoms with Gasteiger partial charge in [0.25, 0.3) is 5.91 Å². The summed E-state index contributed by atoms with van der Waals surface area (Å²) in [7, 11) is -2.24. The highest BCUT2D eigenvalue weighted by molar-refractivity contribution is 7.89. The summed E-state index contributed by atoms with van der Waals surface area (Å²) in [5.41, 5.74) is 0.187. The topological polar surface area (TPSA) is 114 Å². The number of carbonyl (C=O) groups is 2. The number of carbonyl (C=O) groups excluding carboxylic acids is 2. The second kappa shape index (κ2) is 10.7. The van der Waals surface area contributed by atoms with Crippen molar-refractivity contribution < 1.29 is 27.5 Å². The number of ether oxygens (including phenoxy) is 2. The molecule has 0 aliphatic rings. The Morgan fingerprint density at radius 3 is 2.24 bits per heavy atom. The maximum absolute atomic E-state index is 12.8. The molecule has 0 radical (unpaired) electrons. The van der Waals surface area contributed by atoms with Crippen molar-refractivity contribution in [3.05, 3.63) is 48.0 Å². The molecule has 0 heterocycles. The molecular weight excluding hydrogens is 446 g/mol. The molecule has 0 bridgehead atoms. The van der Waals surface area contributed by atoms with E-state index in [9.17, 15) is 18.0 Å². The summed E-state index contributed by atoms with van der Waals surface area (Å²) < 4.78 is 37.4. The zero-order valence-corrected chi connectivity index (χ0v) is 20.6. The molecular formula is C23H31N3O6S. The van der Waals surface area contributed by atoms with Crippen molar-refractivity contribution in [3.63, 3.8) is 0 Å². The predicted molar refractivity (Wildman–Crippen MR) is 127 cm³/mol. The zero-order valence-electron chi connectivity index (χ0n) is 19.8. The van der Waals surface area contributed by atoms with Crippen LogP contribution in [-0.4, -0.2) is 50.5 Å². The molecule has 9 nitrogen and oxygen atoms in total. The van der Waals surface area contributed by atoms with Crippen molar-refractivity contribution in [3.8, 4) is 5.75 Å². The summed E-state index contributed by atoms with van der Waals surface area (Å²) in [6.07, 6.45) is -0.668. The molecule has 2 aromatic carbocycles. The fourth-order valence-corrected chi connectivity index (χ4v) is 4.52. The van der Waals surface area contributed by atoms with Crippen LogP contribution < -0.4 is 15.4 Å². The molecule has 0 saturated heterocycles. The molecule has 0 aromatic heterocycles. The first-order valence-corrected chi connectivity index (χ1v) is 11.9. The van der Waals surface area contributed by atoms with Gasteiger partial charge in [0.05, 0.1) is 17.7 Å². The maximum atomic E-state index is 12.8. The molecule has 0 saturated carbocycles. The molecule has 2 aromatic rings. The molecule has 180 valence electrons. The minimum atomic E-state index is -3.70. The molecule has 2 rings (SSSR count). The maximum Gasteiger partial charge on any atom is 0.412 e. The average Bonchev–Trinajstić information content (AvgIpc) is 2.73. The Kier molecular flexibility index (Phi) is 8.45. The molecule has 2 amide bonds. The number of methoxy groups -OCH3 is 1. The van der Waals surface area contributed by atoms with E-state index in [-0.39, 0.29) is 10.5 Å². The lowest BCUT2D eigenvalue weighted by molar-refractivity contribution is 0.0635. The Morgan fingerprint density at radius 1 is 1.00 bits per heavy atom. The minimum absolute atomic E-state index is 0.0425. The number of anilines is 2. The number of hydrogen-bond donors (Lipinski definition) is 2. The summed E-state index contributed by atoms with van der Waals surface area (Å²) in [6, 6.07) is 10.6. The van der Waals surface area contributed by atoms with Crippen molar-refractivity contribution in [1.29, 1.82) is 0 Å². The molecule has 2 N–H and O–H groups in total. The predicted octanol–water partition coefficient (Wildman–Crippen LogP) is 4.33. The lowest BCUT2D eigenvalue weighted by atomic mass is 10.2. The van der Waals surface area contributed by atoms with E-state index in [1.54, 1.807) is 46.8 Å². The van der Waals surface area contributed by atoms with E-state index < -0.39 is 27.6 Å². The molecule has 33 heavy (non-hydrogen) atoms. The molecule has 0 fully saturated rings. The van der Waals surface area contributed by atoms with Gasteiger partial charge in [0, 0.05) is 24.3 Å². The lowest BCUT2D eigenvalue weighted by Crippen LogP contribution is -2.30. The fourth-order valence-electron chi connectivity index (χ4n) is 3.01. The smallest absolute Gasteiger partial charge is 0.412 e. The van der Waals surface area contributed by atoms with Crippen LogP contribution in [0, 0.1) is 0 Å². The fraction of sp³-hybridized carbons (Fsp3) is 0.391. The van der Waals surface area contributed by atoms with Gasteiger partial charge >= 0.3 is 6.09 Å². The first kappa shape index (κ1) is 26.1. The van der Waals surface area contributed by atoms with Crippen LogP contribution in [-0.2, 0) is 14.8 Å². The third-order valence-electron chi connectivity index (χ3n) is 4.53. The first-order chi connectivity index (χ1) is 15.4. The average molecular weight is 478 g/mol. The van der Waals surface area contributed by atoms with Gasteiger partial charge < -0.3 is 14.8 Å². The summed E-state index contributed by atoms with van der Waals surface area (Å²) >= 11 is 0. The summed E-state index contributed by atoms with van der Waals surface area (Å²) in [4.78, 5) is 25.0. The van der Waals surface area contributed by atoms with E-state index in [0.29, 0.717) is 30.2 Å². The Bertz CT molecular complexity index is 1110. The molecule has 0 atom stereocenters. The summed E-state index contributed by atoms with van der Waals surface area (Å²) in [5, 5.41) is 5.32. The lowest BCUT2D eigenvalue weighted by Gasteiger charge is -2.20. The second-order valence-electron chi connectivity index (χ2n) is 8.11. The molecule has 10 heteroatoms. The Balaban J connectivity index is 2.26. The van der Waals surface area contributed by atoms with E-state index in [1.807, 2.05) is 0 Å². The zero-order chi connectivity index (χ0) is 24.8. The number of benzene rings is 2. The highest BCUT2D eigenvalue weighted by Gasteiger charge is 2.23. The van der Waals surface area contributed by atoms with Crippen molar-refractivity contribution in [2.75, 3.05) is 30.8 Å². The minimum Gasteiger partial charge on any atom is -0.495 e. The van der Waals surface area contributed by atoms with Crippen LogP contribution in [0.4, 0.5) is 16.2 Å². The van der Waals surface area contributed by atoms with E-state index in [2.05, 4.69) is 10.6 Å². The van der Waals surface area contributed by atoms with Gasteiger partial charge in [0.15, 0.2) is 0 Å². The van der Waals surface area contributed by atoms with Gasteiger partial charge in [-0.2, -0.15) is 4.31 Å². The van der Waals surface area contributed by atoms with E-state index in [4.69, 9.17) is 9.47 Å². The SMILES string of the molecule is CCN(CC)S(=O)(=O)c1cccc(C(=O)Nc2ccc(OC)c(NC(=O)OC(C)(C)C)c2)c1. The van der Waals surface area contributed by atoms with Crippen molar-refractivity contribution in [2.24, 2.45) is 0 Å². The van der Waals surface area contributed by atoms with Crippen LogP contribution >= 0.6 is 0 Å². The van der Waals surface area contributed by atoms with Crippen LogP contribution in [0.25, 0.3) is 0 Å². The van der Waals surface area contributed by atoms with Crippen LogP contribution in [0.1, 0.15) is 45.0 Å². The first-order valence-electron chi connectivity index (χ1n) is 10.5. The normalized spacial score (nSPS) is 11.7. The Hall–Kier alpha value is -3.11. The van der Waals surface area contributed by atoms with E-state index in [0.717, 1.165) is 0 Å². The molecule has 0 aliphatic carbocycles. The number of amides is 2. The summed E-state index contributed by atoms with van der Waals surface area (Å²) in [5.74, 6) is -0.119.